The van der Waals surface area contributed by atoms with Gasteiger partial charge >= 0.3 is 0 Å². The van der Waals surface area contributed by atoms with Gasteiger partial charge in [-0.25, -0.2) is 15.0 Å². The Labute approximate surface area is 546 Å². The largest absolute Gasteiger partial charge is 0.296 e. The Morgan fingerprint density at radius 2 is 0.876 bits per heavy atom. The summed E-state index contributed by atoms with van der Waals surface area (Å²) in [5.74, 6) is 2.06. The Morgan fingerprint density at radius 3 is 1.42 bits per heavy atom. The molecule has 0 amide bonds. The Balaban J connectivity index is 0.00000817. The molecule has 2 aliphatic rings. The monoisotopic (exact) mass is 1350 g/mol. The third-order valence-electron chi connectivity index (χ3n) is 20.1. The molecule has 2 aromatic heterocycles. The fraction of sp³-hybridized carbons (Fsp3) is 0.357. The van der Waals surface area contributed by atoms with Crippen LogP contribution in [0.1, 0.15) is 210 Å². The molecule has 0 fully saturated rings. The van der Waals surface area contributed by atoms with E-state index < -0.39 is 5.41 Å². The number of aromatic nitrogens is 4. The number of benzene rings is 8. The molecule has 89 heavy (non-hydrogen) atoms. The molecule has 1 radical (unpaired) electrons. The summed E-state index contributed by atoms with van der Waals surface area (Å²) in [7, 11) is 0. The zero-order valence-corrected chi connectivity index (χ0v) is 56.7. The van der Waals surface area contributed by atoms with Gasteiger partial charge in [-0.3, -0.25) is 4.98 Å². The van der Waals surface area contributed by atoms with Gasteiger partial charge in [-0.15, -0.1) is 29.3 Å². The summed E-state index contributed by atoms with van der Waals surface area (Å²) in [6.07, 6.45) is 24.6. The van der Waals surface area contributed by atoms with Crippen molar-refractivity contribution in [2.24, 2.45) is 0 Å². The first-order valence-electron chi connectivity index (χ1n) is 34.0. The molecule has 0 unspecified atom stereocenters. The molecule has 12 rings (SSSR count). The van der Waals surface area contributed by atoms with Gasteiger partial charge in [0.05, 0.1) is 10.9 Å². The number of hydrogen-bond acceptors (Lipinski definition) is 4. The Bertz CT molecular complexity index is 3920. The van der Waals surface area contributed by atoms with Crippen LogP contribution < -0.4 is 0 Å². The Morgan fingerprint density at radius 1 is 0.382 bits per heavy atom. The van der Waals surface area contributed by atoms with Crippen LogP contribution in [0, 0.1) is 33.8 Å². The van der Waals surface area contributed by atoms with Gasteiger partial charge in [0, 0.05) is 47.6 Å². The summed E-state index contributed by atoms with van der Waals surface area (Å²) in [5.41, 5.74) is 26.3. The molecular weight excluding hydrogens is 1260 g/mol. The van der Waals surface area contributed by atoms with Gasteiger partial charge in [-0.2, -0.15) is 0 Å². The molecule has 0 atom stereocenters. The number of fused-ring (bicyclic) bond motifs is 8. The fourth-order valence-electron chi connectivity index (χ4n) is 15.6. The van der Waals surface area contributed by atoms with E-state index in [4.69, 9.17) is 19.9 Å². The van der Waals surface area contributed by atoms with Crippen molar-refractivity contribution in [1.29, 1.82) is 0 Å². The summed E-state index contributed by atoms with van der Waals surface area (Å²) >= 11 is 0. The van der Waals surface area contributed by atoms with Crippen LogP contribution in [-0.2, 0) is 43.8 Å². The van der Waals surface area contributed by atoms with Gasteiger partial charge in [-0.1, -0.05) is 244 Å². The molecule has 0 N–H and O–H groups in total. The van der Waals surface area contributed by atoms with E-state index in [-0.39, 0.29) is 25.5 Å². The predicted molar refractivity (Wildman–Crippen MR) is 371 cm³/mol. The standard InChI is InChI=1S/C84H91N4.Ir/c1-9-13-17-27-37-67-57(5)51-63(52-58(67)6)81-86-80(87-82(88-81)64-53-59(7)68(60(8)54-64)38-28-18-14-10-2)62-42-44-70-69-43-41-61(55-75(69)84(76(70)56-62,65-33-23-21-24-34-65)66-35-25-22-26-36-66)77-47-45-72-78(85-77)48-46-74-79(72)71-39-29-30-40-73(71)83(74,49-31-19-15-11-3)50-32-20-16-12-4;/h21-26,29-30,33-36,39-40,42-48,51-56H,9-20,27-28,31-32,37-38,49-50H2,1-8H3;/q-1;. The van der Waals surface area contributed by atoms with E-state index in [1.165, 1.54) is 210 Å². The SMILES string of the molecule is CCCCCCc1c(C)cc(-c2nc(-c3cc(C)c(CCCCCC)c(C)c3)nc(-c3ccc4c(c3)C(c3ccccc3)(c3ccccc3)c3cc(-c5ccc6c7c(ccc6n5)C(CCCCCC)(CCCCCC)c5ccccc5-7)[c-]cc3-4)n2)cc1C.[Ir]. The molecular formula is C84H91IrN4-. The first-order chi connectivity index (χ1) is 43.1. The van der Waals surface area contributed by atoms with Gasteiger partial charge in [0.2, 0.25) is 0 Å². The molecule has 457 valence electrons. The van der Waals surface area contributed by atoms with Crippen LogP contribution in [-0.4, -0.2) is 19.9 Å². The van der Waals surface area contributed by atoms with E-state index in [1.807, 2.05) is 0 Å². The summed E-state index contributed by atoms with van der Waals surface area (Å²) in [5, 5.41) is 1.24. The van der Waals surface area contributed by atoms with Gasteiger partial charge in [0.25, 0.3) is 0 Å². The first kappa shape index (κ1) is 63.4. The van der Waals surface area contributed by atoms with Crippen molar-refractivity contribution in [2.45, 2.75) is 195 Å². The number of nitrogens with zero attached hydrogens (tertiary/aromatic N) is 4. The summed E-state index contributed by atoms with van der Waals surface area (Å²) in [6.45, 7) is 18.3. The molecule has 10 aromatic rings. The van der Waals surface area contributed by atoms with E-state index in [1.54, 1.807) is 0 Å². The number of aryl methyl sites for hydroxylation is 4. The maximum atomic E-state index is 5.62. The van der Waals surface area contributed by atoms with Crippen LogP contribution >= 0.6 is 0 Å². The van der Waals surface area contributed by atoms with E-state index in [0.29, 0.717) is 17.5 Å². The maximum Gasteiger partial charge on any atom is 0.164 e. The summed E-state index contributed by atoms with van der Waals surface area (Å²) in [6, 6.07) is 65.7. The normalized spacial score (nSPS) is 13.3. The number of hydrogen-bond donors (Lipinski definition) is 0. The molecule has 0 spiro atoms. The van der Waals surface area contributed by atoms with Gasteiger partial charge in [0.1, 0.15) is 0 Å². The zero-order valence-electron chi connectivity index (χ0n) is 54.4. The number of rotatable bonds is 26. The minimum absolute atomic E-state index is 0. The van der Waals surface area contributed by atoms with Crippen LogP contribution in [0.3, 0.4) is 0 Å². The molecule has 0 bridgehead atoms. The fourth-order valence-corrected chi connectivity index (χ4v) is 15.6. The third-order valence-corrected chi connectivity index (χ3v) is 20.1. The van der Waals surface area contributed by atoms with Crippen LogP contribution in [0.15, 0.2) is 164 Å². The van der Waals surface area contributed by atoms with Crippen LogP contribution in [0.2, 0.25) is 0 Å². The molecule has 8 aromatic carbocycles. The minimum atomic E-state index is -0.701. The van der Waals surface area contributed by atoms with Crippen molar-refractivity contribution in [3.8, 4) is 67.7 Å². The van der Waals surface area contributed by atoms with Gasteiger partial charge in [-0.05, 0) is 181 Å². The average molecular weight is 1350 g/mol. The van der Waals surface area contributed by atoms with Crippen molar-refractivity contribution in [1.82, 2.24) is 19.9 Å². The van der Waals surface area contributed by atoms with E-state index in [0.717, 1.165) is 46.3 Å². The molecule has 4 nitrogen and oxygen atoms in total. The zero-order chi connectivity index (χ0) is 60.8. The molecule has 0 aliphatic heterocycles. The van der Waals surface area contributed by atoms with Gasteiger partial charge in [0.15, 0.2) is 17.5 Å². The first-order valence-corrected chi connectivity index (χ1v) is 34.0. The van der Waals surface area contributed by atoms with Crippen molar-refractivity contribution in [2.75, 3.05) is 0 Å². The van der Waals surface area contributed by atoms with Crippen molar-refractivity contribution >= 4 is 10.9 Å². The van der Waals surface area contributed by atoms with Gasteiger partial charge < -0.3 is 0 Å². The van der Waals surface area contributed by atoms with Crippen LogP contribution in [0.4, 0.5) is 0 Å². The van der Waals surface area contributed by atoms with Crippen molar-refractivity contribution < 1.29 is 20.1 Å². The topological polar surface area (TPSA) is 51.6 Å². The minimum Gasteiger partial charge on any atom is -0.296 e. The van der Waals surface area contributed by atoms with E-state index in [9.17, 15) is 0 Å². The maximum absolute atomic E-state index is 5.62. The van der Waals surface area contributed by atoms with Crippen LogP contribution in [0.25, 0.3) is 78.6 Å². The van der Waals surface area contributed by atoms with E-state index in [2.05, 4.69) is 225 Å². The number of unbranched alkanes of at least 4 members (excludes halogenated alkanes) is 12. The summed E-state index contributed by atoms with van der Waals surface area (Å²) in [4.78, 5) is 22.1. The molecule has 5 heteroatoms. The smallest absolute Gasteiger partial charge is 0.164 e. The van der Waals surface area contributed by atoms with Crippen molar-refractivity contribution in [3.63, 3.8) is 0 Å². The number of pyridine rings is 1. The average Bonchev–Trinajstić information content (AvgIpc) is 1.57. The predicted octanol–water partition coefficient (Wildman–Crippen LogP) is 22.9. The molecule has 0 saturated heterocycles. The molecule has 2 heterocycles. The van der Waals surface area contributed by atoms with Crippen molar-refractivity contribution in [3.05, 3.63) is 237 Å². The quantitative estimate of drug-likeness (QED) is 0.0400. The third kappa shape index (κ3) is 12.3. The Kier molecular flexibility index (Phi) is 20.2. The summed E-state index contributed by atoms with van der Waals surface area (Å²) < 4.78 is 0. The van der Waals surface area contributed by atoms with Crippen LogP contribution in [0.5, 0.6) is 0 Å². The molecule has 0 saturated carbocycles. The second-order valence-corrected chi connectivity index (χ2v) is 26.0. The Hall–Kier alpha value is -7.17. The second-order valence-electron chi connectivity index (χ2n) is 26.0. The second kappa shape index (κ2) is 28.3. The molecule has 2 aliphatic carbocycles. The van der Waals surface area contributed by atoms with E-state index >= 15 is 0 Å².